The average Bonchev–Trinajstić information content (AvgIpc) is 3.33. The van der Waals surface area contributed by atoms with E-state index in [-0.39, 0.29) is 5.41 Å². The molecule has 0 fully saturated rings. The van der Waals surface area contributed by atoms with Crippen LogP contribution in [-0.4, -0.2) is 0 Å². The van der Waals surface area contributed by atoms with Gasteiger partial charge in [0.1, 0.15) is 0 Å². The van der Waals surface area contributed by atoms with Crippen LogP contribution in [0.1, 0.15) is 41.2 Å². The fourth-order valence-electron chi connectivity index (χ4n) is 6.48. The van der Waals surface area contributed by atoms with E-state index in [1.165, 1.54) is 55.6 Å². The molecule has 2 N–H and O–H groups in total. The van der Waals surface area contributed by atoms with Crippen LogP contribution in [0.5, 0.6) is 0 Å². The third kappa shape index (κ3) is 2.50. The predicted molar refractivity (Wildman–Crippen MR) is 142 cm³/mol. The van der Waals surface area contributed by atoms with E-state index in [1.54, 1.807) is 0 Å². The standard InChI is InChI=1S/C33H27N/c1-21-14-16-22(17-15-21)18-23-19-27-26-10-4-7-13-30(26)33(31(27)20-32(23)34)28-11-5-2-8-24(28)25-9-3-6-12-29(25)33/h2-14,16-17,19-21H,15,18,34H2,1H3. The molecule has 164 valence electrons. The Labute approximate surface area is 201 Å². The van der Waals surface area contributed by atoms with E-state index < -0.39 is 0 Å². The minimum Gasteiger partial charge on any atom is -0.398 e. The first kappa shape index (κ1) is 19.6. The van der Waals surface area contributed by atoms with Gasteiger partial charge in [-0.2, -0.15) is 0 Å². The second-order valence-corrected chi connectivity index (χ2v) is 10.0. The largest absolute Gasteiger partial charge is 0.398 e. The number of fused-ring (bicyclic) bond motifs is 10. The zero-order valence-corrected chi connectivity index (χ0v) is 19.4. The number of allylic oxidation sites excluding steroid dienone is 4. The van der Waals surface area contributed by atoms with E-state index in [0.717, 1.165) is 18.5 Å². The van der Waals surface area contributed by atoms with Gasteiger partial charge in [0.2, 0.25) is 0 Å². The zero-order chi connectivity index (χ0) is 22.9. The number of benzene rings is 4. The van der Waals surface area contributed by atoms with Gasteiger partial charge in [0, 0.05) is 5.69 Å². The molecule has 1 heteroatoms. The SMILES string of the molecule is CC1C=CC(Cc2cc3c(cc2N)C2(c4ccccc4-c4ccccc42)c2ccccc2-3)=CC1. The lowest BCUT2D eigenvalue weighted by Crippen LogP contribution is -2.26. The van der Waals surface area contributed by atoms with E-state index in [4.69, 9.17) is 5.73 Å². The Hall–Kier alpha value is -3.84. The molecule has 34 heavy (non-hydrogen) atoms. The second kappa shape index (κ2) is 7.08. The highest BCUT2D eigenvalue weighted by molar-refractivity contribution is 5.95. The van der Waals surface area contributed by atoms with Gasteiger partial charge in [0.05, 0.1) is 5.41 Å². The highest BCUT2D eigenvalue weighted by Gasteiger charge is 2.51. The summed E-state index contributed by atoms with van der Waals surface area (Å²) in [4.78, 5) is 0. The summed E-state index contributed by atoms with van der Waals surface area (Å²) in [7, 11) is 0. The normalized spacial score (nSPS) is 18.3. The van der Waals surface area contributed by atoms with Crippen LogP contribution in [0.15, 0.2) is 109 Å². The summed E-state index contributed by atoms with van der Waals surface area (Å²) in [6.45, 7) is 2.27. The van der Waals surface area contributed by atoms with Crippen molar-refractivity contribution >= 4 is 5.69 Å². The first-order valence-electron chi connectivity index (χ1n) is 12.3. The van der Waals surface area contributed by atoms with Crippen LogP contribution < -0.4 is 5.73 Å². The molecule has 4 aromatic carbocycles. The molecule has 1 atom stereocenters. The van der Waals surface area contributed by atoms with Crippen molar-refractivity contribution in [3.05, 3.63) is 137 Å². The topological polar surface area (TPSA) is 26.0 Å². The summed E-state index contributed by atoms with van der Waals surface area (Å²) in [5, 5.41) is 0. The molecule has 4 aromatic rings. The Kier molecular flexibility index (Phi) is 4.08. The highest BCUT2D eigenvalue weighted by Crippen LogP contribution is 2.63. The van der Waals surface area contributed by atoms with Crippen LogP contribution in [0.4, 0.5) is 5.69 Å². The van der Waals surface area contributed by atoms with Gasteiger partial charge < -0.3 is 5.73 Å². The first-order chi connectivity index (χ1) is 16.7. The van der Waals surface area contributed by atoms with E-state index in [0.29, 0.717) is 5.92 Å². The lowest BCUT2D eigenvalue weighted by molar-refractivity contribution is 0.728. The Balaban J connectivity index is 1.50. The third-order valence-corrected chi connectivity index (χ3v) is 8.04. The van der Waals surface area contributed by atoms with Gasteiger partial charge in [0.15, 0.2) is 0 Å². The molecule has 3 aliphatic rings. The number of hydrogen-bond donors (Lipinski definition) is 1. The molecule has 7 rings (SSSR count). The molecule has 0 aliphatic heterocycles. The van der Waals surface area contributed by atoms with Crippen molar-refractivity contribution in [2.75, 3.05) is 5.73 Å². The Bertz CT molecular complexity index is 1490. The highest BCUT2D eigenvalue weighted by atomic mass is 14.6. The minimum absolute atomic E-state index is 0.314. The molecule has 0 saturated heterocycles. The Morgan fingerprint density at radius 3 is 1.85 bits per heavy atom. The van der Waals surface area contributed by atoms with Crippen molar-refractivity contribution in [1.29, 1.82) is 0 Å². The van der Waals surface area contributed by atoms with Crippen molar-refractivity contribution in [3.8, 4) is 22.3 Å². The van der Waals surface area contributed by atoms with Gasteiger partial charge in [-0.3, -0.25) is 0 Å². The summed E-state index contributed by atoms with van der Waals surface area (Å²) in [5.41, 5.74) is 20.7. The minimum atomic E-state index is -0.314. The predicted octanol–water partition coefficient (Wildman–Crippen LogP) is 7.68. The summed E-state index contributed by atoms with van der Waals surface area (Å²) < 4.78 is 0. The Morgan fingerprint density at radius 2 is 1.29 bits per heavy atom. The lowest BCUT2D eigenvalue weighted by atomic mass is 9.70. The van der Waals surface area contributed by atoms with Crippen LogP contribution in [-0.2, 0) is 11.8 Å². The van der Waals surface area contributed by atoms with Gasteiger partial charge in [-0.05, 0) is 86.5 Å². The van der Waals surface area contributed by atoms with Gasteiger partial charge in [-0.15, -0.1) is 0 Å². The number of hydrogen-bond acceptors (Lipinski definition) is 1. The third-order valence-electron chi connectivity index (χ3n) is 8.04. The van der Waals surface area contributed by atoms with Crippen molar-refractivity contribution < 1.29 is 0 Å². The summed E-state index contributed by atoms with van der Waals surface area (Å²) in [6.07, 6.45) is 8.95. The molecule has 0 radical (unpaired) electrons. The summed E-state index contributed by atoms with van der Waals surface area (Å²) >= 11 is 0. The Morgan fingerprint density at radius 1 is 0.735 bits per heavy atom. The molecular weight excluding hydrogens is 410 g/mol. The number of nitrogen functional groups attached to an aromatic ring is 1. The van der Waals surface area contributed by atoms with Crippen LogP contribution in [0.3, 0.4) is 0 Å². The van der Waals surface area contributed by atoms with Crippen LogP contribution in [0, 0.1) is 5.92 Å². The quantitative estimate of drug-likeness (QED) is 0.276. The maximum absolute atomic E-state index is 6.81. The van der Waals surface area contributed by atoms with E-state index in [2.05, 4.69) is 110 Å². The van der Waals surface area contributed by atoms with Crippen molar-refractivity contribution in [2.24, 2.45) is 5.92 Å². The molecule has 0 bridgehead atoms. The molecule has 0 amide bonds. The molecule has 0 saturated carbocycles. The first-order valence-corrected chi connectivity index (χ1v) is 12.3. The maximum Gasteiger partial charge on any atom is 0.0726 e. The maximum atomic E-state index is 6.81. The van der Waals surface area contributed by atoms with Crippen LogP contribution >= 0.6 is 0 Å². The fourth-order valence-corrected chi connectivity index (χ4v) is 6.48. The molecular formula is C33H27N. The summed E-state index contributed by atoms with van der Waals surface area (Å²) in [5.74, 6) is 0.621. The van der Waals surface area contributed by atoms with Crippen molar-refractivity contribution in [1.82, 2.24) is 0 Å². The fraction of sp³-hybridized carbons (Fsp3) is 0.152. The van der Waals surface area contributed by atoms with Gasteiger partial charge in [-0.1, -0.05) is 97.9 Å². The van der Waals surface area contributed by atoms with Gasteiger partial charge in [-0.25, -0.2) is 0 Å². The average molecular weight is 438 g/mol. The molecule has 0 heterocycles. The lowest BCUT2D eigenvalue weighted by Gasteiger charge is -2.30. The van der Waals surface area contributed by atoms with E-state index in [1.807, 2.05) is 0 Å². The van der Waals surface area contributed by atoms with Crippen LogP contribution in [0.2, 0.25) is 0 Å². The van der Waals surface area contributed by atoms with Gasteiger partial charge in [0.25, 0.3) is 0 Å². The molecule has 1 unspecified atom stereocenters. The van der Waals surface area contributed by atoms with Crippen molar-refractivity contribution in [2.45, 2.75) is 25.2 Å². The zero-order valence-electron chi connectivity index (χ0n) is 19.4. The number of nitrogens with two attached hydrogens (primary N) is 1. The molecule has 1 spiro atoms. The van der Waals surface area contributed by atoms with E-state index in [9.17, 15) is 0 Å². The number of rotatable bonds is 2. The molecule has 1 nitrogen and oxygen atoms in total. The second-order valence-electron chi connectivity index (χ2n) is 10.0. The summed E-state index contributed by atoms with van der Waals surface area (Å²) in [6, 6.07) is 31.4. The van der Waals surface area contributed by atoms with E-state index >= 15 is 0 Å². The smallest absolute Gasteiger partial charge is 0.0726 e. The van der Waals surface area contributed by atoms with Gasteiger partial charge >= 0.3 is 0 Å². The monoisotopic (exact) mass is 437 g/mol. The molecule has 3 aliphatic carbocycles. The molecule has 0 aromatic heterocycles. The van der Waals surface area contributed by atoms with Crippen LogP contribution in [0.25, 0.3) is 22.3 Å². The number of anilines is 1. The van der Waals surface area contributed by atoms with Crippen molar-refractivity contribution in [3.63, 3.8) is 0 Å².